The van der Waals surface area contributed by atoms with E-state index in [1.807, 2.05) is 32.2 Å². The van der Waals surface area contributed by atoms with Gasteiger partial charge in [-0.3, -0.25) is 29.2 Å². The largest absolute Gasteiger partial charge is 0.464 e. The van der Waals surface area contributed by atoms with Crippen molar-refractivity contribution in [3.63, 3.8) is 0 Å². The Labute approximate surface area is 411 Å². The molecule has 0 unspecified atom stereocenters. The highest BCUT2D eigenvalue weighted by Gasteiger charge is 2.47. The van der Waals surface area contributed by atoms with Crippen LogP contribution in [0.5, 0.6) is 0 Å². The molecule has 3 aromatic heterocycles. The average Bonchev–Trinajstić information content (AvgIpc) is 4.07. The van der Waals surface area contributed by atoms with Crippen LogP contribution < -0.4 is 10.7 Å². The van der Waals surface area contributed by atoms with Gasteiger partial charge in [-0.2, -0.15) is 0 Å². The highest BCUT2D eigenvalue weighted by Crippen LogP contribution is 2.42. The number of fused-ring (bicyclic) bond motifs is 7. The van der Waals surface area contributed by atoms with Crippen molar-refractivity contribution < 1.29 is 38.2 Å². The first kappa shape index (κ1) is 49.9. The predicted molar refractivity (Wildman–Crippen MR) is 263 cm³/mol. The van der Waals surface area contributed by atoms with Crippen LogP contribution >= 0.6 is 11.3 Å². The maximum Gasteiger partial charge on any atom is 0.323 e. The van der Waals surface area contributed by atoms with Gasteiger partial charge in [0.1, 0.15) is 17.2 Å². The molecule has 3 radical (unpaired) electrons. The molecule has 4 aliphatic rings. The second kappa shape index (κ2) is 20.1. The van der Waals surface area contributed by atoms with Gasteiger partial charge in [-0.1, -0.05) is 40.3 Å². The highest BCUT2D eigenvalue weighted by atomic mass is 32.1. The number of pyridine rings is 1. The van der Waals surface area contributed by atoms with Gasteiger partial charge in [0.15, 0.2) is 0 Å². The second-order valence-corrected chi connectivity index (χ2v) is 21.5. The Morgan fingerprint density at radius 1 is 1.16 bits per heavy atom. The maximum absolute atomic E-state index is 14.8. The summed E-state index contributed by atoms with van der Waals surface area (Å²) in [5.74, 6) is -2.15. The number of morpholine rings is 1. The van der Waals surface area contributed by atoms with Crippen molar-refractivity contribution in [3.05, 3.63) is 70.8 Å². The number of methoxy groups -OCH3 is 1. The summed E-state index contributed by atoms with van der Waals surface area (Å²) in [6, 6.07) is 7.50. The molecule has 6 atom stereocenters. The van der Waals surface area contributed by atoms with Crippen molar-refractivity contribution in [2.45, 2.75) is 109 Å². The first-order valence-corrected chi connectivity index (χ1v) is 25.2. The fourth-order valence-electron chi connectivity index (χ4n) is 10.4. The van der Waals surface area contributed by atoms with Crippen LogP contribution in [0.25, 0.3) is 33.4 Å². The summed E-state index contributed by atoms with van der Waals surface area (Å²) in [5, 5.41) is 6.57. The van der Waals surface area contributed by atoms with Gasteiger partial charge in [-0.15, -0.1) is 11.3 Å². The lowest BCUT2D eigenvalue weighted by Crippen LogP contribution is -2.67. The van der Waals surface area contributed by atoms with Crippen molar-refractivity contribution in [2.75, 3.05) is 53.6 Å². The SMILES string of the molecule is C=CC(=O)N1CCO[C@@H]2CN(C(=O)N(C)[C@H](C(=O)N[C@H]3Cc4nc(cs4)-c4ccc5c(c4)c(c(-c4cccnc4[C@H](C)OC)n5CC)CC(C)(C)COC(=O)[C@@]4([Si])CCCN(N4)C3=O)C(C)C)C[C@H]21. The number of thiazole rings is 1. The van der Waals surface area contributed by atoms with Crippen LogP contribution in [-0.2, 0) is 52.8 Å². The molecule has 17 nitrogen and oxygen atoms in total. The minimum absolute atomic E-state index is 0.0363. The number of urea groups is 1. The number of nitrogens with zero attached hydrogens (tertiary/aromatic N) is 7. The van der Waals surface area contributed by atoms with E-state index in [1.54, 1.807) is 30.2 Å². The van der Waals surface area contributed by atoms with Gasteiger partial charge < -0.3 is 38.8 Å². The third-order valence-corrected chi connectivity index (χ3v) is 15.4. The average molecular weight is 979 g/mol. The molecule has 0 aliphatic carbocycles. The molecular formula is C50H64N9O8SSi. The van der Waals surface area contributed by atoms with E-state index in [2.05, 4.69) is 77.2 Å². The van der Waals surface area contributed by atoms with Crippen LogP contribution in [0.15, 0.2) is 54.6 Å². The molecule has 8 rings (SSSR count). The molecule has 4 aliphatic heterocycles. The summed E-state index contributed by atoms with van der Waals surface area (Å²) in [5.41, 5.74) is 9.09. The maximum atomic E-state index is 14.8. The van der Waals surface area contributed by atoms with E-state index in [0.29, 0.717) is 44.0 Å². The third kappa shape index (κ3) is 9.85. The molecule has 5 amide bonds. The number of hydrazine groups is 1. The molecule has 6 bridgehead atoms. The van der Waals surface area contributed by atoms with E-state index in [9.17, 15) is 24.0 Å². The Bertz CT molecular complexity index is 2630. The van der Waals surface area contributed by atoms with E-state index in [1.165, 1.54) is 27.3 Å². The number of hydrogen-bond donors (Lipinski definition) is 2. The number of esters is 1. The van der Waals surface area contributed by atoms with Gasteiger partial charge in [0.05, 0.1) is 70.3 Å². The Morgan fingerprint density at radius 3 is 2.67 bits per heavy atom. The smallest absolute Gasteiger partial charge is 0.323 e. The number of cyclic esters (lactones) is 1. The zero-order valence-corrected chi connectivity index (χ0v) is 42.7. The number of amides is 5. The molecule has 3 saturated heterocycles. The fourth-order valence-corrected chi connectivity index (χ4v) is 11.6. The number of ether oxygens (including phenoxy) is 3. The fraction of sp³-hybridized carbons (Fsp3) is 0.540. The molecular weight excluding hydrogens is 915 g/mol. The molecule has 7 heterocycles. The number of hydrogen-bond acceptors (Lipinski definition) is 12. The normalized spacial score (nSPS) is 23.8. The zero-order valence-electron chi connectivity index (χ0n) is 40.9. The van der Waals surface area contributed by atoms with Gasteiger partial charge in [0.25, 0.3) is 5.91 Å². The second-order valence-electron chi connectivity index (χ2n) is 19.7. The quantitative estimate of drug-likeness (QED) is 0.133. The number of carbonyl (C=O) groups excluding carboxylic acids is 5. The highest BCUT2D eigenvalue weighted by molar-refractivity contribution is 7.10. The minimum atomic E-state index is -1.44. The van der Waals surface area contributed by atoms with Gasteiger partial charge >= 0.3 is 12.0 Å². The van der Waals surface area contributed by atoms with Gasteiger partial charge in [0.2, 0.25) is 11.8 Å². The molecule has 3 fully saturated rings. The summed E-state index contributed by atoms with van der Waals surface area (Å²) in [6.45, 7) is 17.8. The van der Waals surface area contributed by atoms with Crippen LogP contribution in [0, 0.1) is 11.3 Å². The van der Waals surface area contributed by atoms with E-state index in [-0.39, 0.29) is 62.7 Å². The van der Waals surface area contributed by atoms with E-state index in [0.717, 1.165) is 44.7 Å². The lowest BCUT2D eigenvalue weighted by molar-refractivity contribution is -0.158. The first-order chi connectivity index (χ1) is 32.9. The predicted octanol–water partition coefficient (Wildman–Crippen LogP) is 4.87. The van der Waals surface area contributed by atoms with Crippen LogP contribution in [0.2, 0.25) is 0 Å². The number of likely N-dealkylation sites (tertiary alicyclic amines) is 1. The number of benzene rings is 1. The summed E-state index contributed by atoms with van der Waals surface area (Å²) in [4.78, 5) is 85.2. The molecule has 367 valence electrons. The summed E-state index contributed by atoms with van der Waals surface area (Å²) < 4.78 is 20.3. The van der Waals surface area contributed by atoms with Crippen LogP contribution in [0.3, 0.4) is 0 Å². The minimum Gasteiger partial charge on any atom is -0.464 e. The number of rotatable bonds is 9. The Morgan fingerprint density at radius 2 is 1.94 bits per heavy atom. The van der Waals surface area contributed by atoms with Crippen molar-refractivity contribution in [1.29, 1.82) is 0 Å². The van der Waals surface area contributed by atoms with E-state index in [4.69, 9.17) is 24.2 Å². The topological polar surface area (TPSA) is 181 Å². The lowest BCUT2D eigenvalue weighted by atomic mass is 9.84. The number of nitrogens with one attached hydrogen (secondary N) is 2. The van der Waals surface area contributed by atoms with Crippen molar-refractivity contribution >= 4 is 62.2 Å². The lowest BCUT2D eigenvalue weighted by Gasteiger charge is -2.41. The summed E-state index contributed by atoms with van der Waals surface area (Å²) >= 11 is 1.39. The van der Waals surface area contributed by atoms with Crippen LogP contribution in [0.4, 0.5) is 4.79 Å². The number of carbonyl (C=O) groups is 5. The third-order valence-electron chi connectivity index (χ3n) is 13.9. The van der Waals surface area contributed by atoms with Crippen LogP contribution in [-0.4, -0.2) is 157 Å². The number of aryl methyl sites for hydroxylation is 1. The Balaban J connectivity index is 1.15. The molecule has 69 heavy (non-hydrogen) atoms. The van der Waals surface area contributed by atoms with Gasteiger partial charge in [-0.05, 0) is 74.9 Å². The molecule has 2 N–H and O–H groups in total. The van der Waals surface area contributed by atoms with Crippen molar-refractivity contribution in [2.24, 2.45) is 11.3 Å². The molecule has 0 spiro atoms. The van der Waals surface area contributed by atoms with Crippen LogP contribution in [0.1, 0.15) is 76.8 Å². The monoisotopic (exact) mass is 978 g/mol. The Kier molecular flexibility index (Phi) is 14.5. The van der Waals surface area contributed by atoms with Crippen molar-refractivity contribution in [1.82, 2.24) is 45.0 Å². The zero-order chi connectivity index (χ0) is 49.5. The standard InChI is InChI=1S/C50H64N9O8SSi/c1-10-41(60)58-20-21-66-39-26-56(25-38(39)58)48(64)55(8)43(29(3)4)45(61)53-35-23-40-52-36(27-68-40)31-15-16-37-33(22-31)34(44(57(37)11-2)32-14-12-18-51-42(32)30(5)65-9)24-49(6,7)28-67-47(63)50(69)17-13-19-59(54-50)46(35)62/h10,12,14-16,18,22,27,29-30,35,38-39,43,54H,1,11,13,17,19-21,23-26,28H2,2-9H3,(H,53,61)/t30-,35-,38+,39+,43-,50-/m0/s1. The Hall–Kier alpha value is -5.47. The van der Waals surface area contributed by atoms with Gasteiger partial charge in [0, 0.05) is 85.8 Å². The molecule has 4 aromatic rings. The number of aromatic nitrogens is 3. The van der Waals surface area contributed by atoms with E-state index >= 15 is 0 Å². The summed E-state index contributed by atoms with van der Waals surface area (Å²) in [6.07, 6.45) is 3.79. The molecule has 19 heteroatoms. The van der Waals surface area contributed by atoms with E-state index < -0.39 is 46.5 Å². The summed E-state index contributed by atoms with van der Waals surface area (Å²) in [7, 11) is 6.98. The first-order valence-electron chi connectivity index (χ1n) is 23.8. The molecule has 1 aromatic carbocycles. The van der Waals surface area contributed by atoms with Crippen molar-refractivity contribution in [3.8, 4) is 22.5 Å². The van der Waals surface area contributed by atoms with Gasteiger partial charge in [-0.25, -0.2) is 15.2 Å². The molecule has 0 saturated carbocycles. The number of likely N-dealkylation sites (N-methyl/N-ethyl adjacent to an activating group) is 1.